The molecule has 0 bridgehead atoms. The van der Waals surface area contributed by atoms with Gasteiger partial charge in [0.25, 0.3) is 0 Å². The van der Waals surface area contributed by atoms with Gasteiger partial charge in [0.15, 0.2) is 13.5 Å². The number of imidazole rings is 2. The van der Waals surface area contributed by atoms with Crippen molar-refractivity contribution in [2.45, 2.75) is 220 Å². The molecule has 2 rings (SSSR count). The molecule has 0 fully saturated rings. The van der Waals surface area contributed by atoms with E-state index in [1.165, 1.54) is 180 Å². The second-order valence-corrected chi connectivity index (χ2v) is 14.6. The van der Waals surface area contributed by atoms with E-state index in [1.807, 2.05) is 0 Å². The molecule has 2 heterocycles. The van der Waals surface area contributed by atoms with Crippen LogP contribution in [0, 0.1) is 0 Å². The van der Waals surface area contributed by atoms with E-state index in [1.54, 1.807) is 0 Å². The quantitative estimate of drug-likeness (QED) is 0.0529. The number of unbranched alkanes of at least 4 members (excludes halogenated alkanes) is 26. The van der Waals surface area contributed by atoms with E-state index in [0.29, 0.717) is 26.7 Å². The maximum absolute atomic E-state index is 5.85. The molecule has 0 N–H and O–H groups in total. The number of nitrogens with zero attached hydrogens (tertiary/aromatic N) is 4. The molecular formula is C42H80N4O2+2. The van der Waals surface area contributed by atoms with Gasteiger partial charge >= 0.3 is 0 Å². The lowest BCUT2D eigenvalue weighted by Crippen LogP contribution is -2.35. The van der Waals surface area contributed by atoms with Crippen LogP contribution in [-0.2, 0) is 36.0 Å². The van der Waals surface area contributed by atoms with E-state index in [2.05, 4.69) is 69.6 Å². The molecule has 48 heavy (non-hydrogen) atoms. The second kappa shape index (κ2) is 32.5. The molecule has 0 amide bonds. The van der Waals surface area contributed by atoms with Crippen molar-refractivity contribution in [3.05, 3.63) is 37.4 Å². The number of hydrogen-bond acceptors (Lipinski definition) is 2. The molecular weight excluding hydrogens is 592 g/mol. The van der Waals surface area contributed by atoms with Gasteiger partial charge in [0.1, 0.15) is 24.8 Å². The van der Waals surface area contributed by atoms with Gasteiger partial charge in [0.2, 0.25) is 12.7 Å². The van der Waals surface area contributed by atoms with E-state index >= 15 is 0 Å². The predicted octanol–water partition coefficient (Wildman–Crippen LogP) is 11.5. The zero-order valence-electron chi connectivity index (χ0n) is 32.1. The van der Waals surface area contributed by atoms with Gasteiger partial charge in [0.05, 0.1) is 26.3 Å². The molecule has 0 aliphatic carbocycles. The van der Waals surface area contributed by atoms with E-state index in [0.717, 1.165) is 13.1 Å². The summed E-state index contributed by atoms with van der Waals surface area (Å²) in [5, 5.41) is 0. The van der Waals surface area contributed by atoms with E-state index in [-0.39, 0.29) is 0 Å². The van der Waals surface area contributed by atoms with Gasteiger partial charge in [-0.2, -0.15) is 0 Å². The third kappa shape index (κ3) is 25.3. The first-order chi connectivity index (χ1) is 23.8. The van der Waals surface area contributed by atoms with E-state index in [4.69, 9.17) is 9.47 Å². The molecule has 0 atom stereocenters. The smallest absolute Gasteiger partial charge is 0.245 e. The molecule has 278 valence electrons. The zero-order chi connectivity index (χ0) is 34.0. The number of rotatable bonds is 37. The zero-order valence-corrected chi connectivity index (χ0v) is 32.1. The fourth-order valence-electron chi connectivity index (χ4n) is 6.73. The minimum Gasteiger partial charge on any atom is -0.339 e. The van der Waals surface area contributed by atoms with Gasteiger partial charge < -0.3 is 9.47 Å². The fourth-order valence-corrected chi connectivity index (χ4v) is 6.73. The lowest BCUT2D eigenvalue weighted by atomic mass is 10.0. The summed E-state index contributed by atoms with van der Waals surface area (Å²) < 4.78 is 20.5. The van der Waals surface area contributed by atoms with Crippen molar-refractivity contribution >= 4 is 0 Å². The number of aromatic nitrogens is 4. The third-order valence-electron chi connectivity index (χ3n) is 9.88. The van der Waals surface area contributed by atoms with Crippen molar-refractivity contribution in [1.82, 2.24) is 9.13 Å². The summed E-state index contributed by atoms with van der Waals surface area (Å²) in [6.07, 6.45) is 52.3. The maximum Gasteiger partial charge on any atom is 0.245 e. The summed E-state index contributed by atoms with van der Waals surface area (Å²) in [5.74, 6) is 0. The number of aryl methyl sites for hydroxylation is 2. The molecule has 2 aromatic heterocycles. The van der Waals surface area contributed by atoms with Crippen LogP contribution in [0.2, 0.25) is 0 Å². The molecule has 0 spiro atoms. The van der Waals surface area contributed by atoms with Gasteiger partial charge in [-0.05, 0) is 25.7 Å². The lowest BCUT2D eigenvalue weighted by molar-refractivity contribution is -0.737. The lowest BCUT2D eigenvalue weighted by Gasteiger charge is -2.03. The van der Waals surface area contributed by atoms with Crippen LogP contribution in [0.1, 0.15) is 194 Å². The van der Waals surface area contributed by atoms with Crippen molar-refractivity contribution in [3.8, 4) is 0 Å². The topological polar surface area (TPSA) is 36.1 Å². The minimum absolute atomic E-state index is 0.581. The summed E-state index contributed by atoms with van der Waals surface area (Å²) in [4.78, 5) is 0. The molecule has 0 aliphatic rings. The minimum atomic E-state index is 0.581. The van der Waals surface area contributed by atoms with Gasteiger partial charge in [0, 0.05) is 0 Å². The molecule has 0 saturated heterocycles. The number of hydrogen-bond donors (Lipinski definition) is 0. The Balaban J connectivity index is 1.33. The summed E-state index contributed by atoms with van der Waals surface area (Å²) in [6, 6.07) is 0. The molecule has 0 unspecified atom stereocenters. The second-order valence-electron chi connectivity index (χ2n) is 14.6. The highest BCUT2D eigenvalue weighted by Gasteiger charge is 2.06. The van der Waals surface area contributed by atoms with Crippen molar-refractivity contribution in [3.63, 3.8) is 0 Å². The van der Waals surface area contributed by atoms with Gasteiger partial charge in [-0.1, -0.05) is 168 Å². The van der Waals surface area contributed by atoms with Crippen LogP contribution < -0.4 is 9.13 Å². The maximum atomic E-state index is 5.85. The van der Waals surface area contributed by atoms with Crippen molar-refractivity contribution in [2.75, 3.05) is 13.2 Å². The van der Waals surface area contributed by atoms with Crippen LogP contribution in [0.3, 0.4) is 0 Å². The fraction of sp³-hybridized carbons (Fsp3) is 0.857. The van der Waals surface area contributed by atoms with Gasteiger partial charge in [-0.25, -0.2) is 18.3 Å². The average molecular weight is 673 g/mol. The summed E-state index contributed by atoms with van der Waals surface area (Å²) in [7, 11) is 0. The molecule has 6 heteroatoms. The third-order valence-corrected chi connectivity index (χ3v) is 9.88. The Morgan fingerprint density at radius 3 is 0.938 bits per heavy atom. The summed E-state index contributed by atoms with van der Waals surface area (Å²) in [5.41, 5.74) is 0. The van der Waals surface area contributed by atoms with Crippen LogP contribution in [0.5, 0.6) is 0 Å². The predicted molar refractivity (Wildman–Crippen MR) is 202 cm³/mol. The van der Waals surface area contributed by atoms with Crippen LogP contribution in [0.4, 0.5) is 0 Å². The molecule has 0 radical (unpaired) electrons. The first-order valence-corrected chi connectivity index (χ1v) is 21.1. The van der Waals surface area contributed by atoms with Crippen molar-refractivity contribution in [2.24, 2.45) is 0 Å². The molecule has 0 aliphatic heterocycles. The Bertz CT molecular complexity index is 852. The van der Waals surface area contributed by atoms with E-state index < -0.39 is 0 Å². The SMILES string of the molecule is CCCCCCCCCCCCCCCCn1cc[n+](COCCOC[n+]2ccn(CCCCCCCCCCCCCCCC)c2)c1. The highest BCUT2D eigenvalue weighted by atomic mass is 16.5. The Morgan fingerprint density at radius 2 is 0.646 bits per heavy atom. The molecule has 6 nitrogen and oxygen atoms in total. The Hall–Kier alpha value is -1.66. The Kier molecular flexibility index (Phi) is 28.8. The molecule has 0 aromatic carbocycles. The summed E-state index contributed by atoms with van der Waals surface area (Å²) >= 11 is 0. The van der Waals surface area contributed by atoms with E-state index in [9.17, 15) is 0 Å². The van der Waals surface area contributed by atoms with Gasteiger partial charge in [-0.15, -0.1) is 0 Å². The average Bonchev–Trinajstić information content (AvgIpc) is 3.76. The standard InChI is InChI=1S/C42H80N4O2/c1-3-5-7-9-11-13-15-17-19-21-23-25-27-29-31-43-33-35-45(39-43)41-47-37-38-48-42-46-36-34-44(40-46)32-30-28-26-24-22-20-18-16-14-12-10-8-6-4-2/h33-36,39-40H,3-32,37-38,41-42H2,1-2H3/q+2. The Morgan fingerprint density at radius 1 is 0.375 bits per heavy atom. The summed E-state index contributed by atoms with van der Waals surface area (Å²) in [6.45, 7) is 9.18. The van der Waals surface area contributed by atoms with Crippen LogP contribution in [0.25, 0.3) is 0 Å². The first-order valence-electron chi connectivity index (χ1n) is 21.1. The molecule has 0 saturated carbocycles. The van der Waals surface area contributed by atoms with Gasteiger partial charge in [-0.3, -0.25) is 0 Å². The Labute approximate surface area is 298 Å². The normalized spacial score (nSPS) is 11.6. The van der Waals surface area contributed by atoms with Crippen LogP contribution in [-0.4, -0.2) is 22.3 Å². The monoisotopic (exact) mass is 673 g/mol. The highest BCUT2D eigenvalue weighted by Crippen LogP contribution is 2.14. The van der Waals surface area contributed by atoms with Crippen LogP contribution in [0.15, 0.2) is 37.4 Å². The molecule has 2 aromatic rings. The van der Waals surface area contributed by atoms with Crippen molar-refractivity contribution in [1.29, 1.82) is 0 Å². The first kappa shape index (κ1) is 42.5. The van der Waals surface area contributed by atoms with Crippen molar-refractivity contribution < 1.29 is 18.6 Å². The largest absolute Gasteiger partial charge is 0.339 e. The number of ether oxygens (including phenoxy) is 2. The van der Waals surface area contributed by atoms with Crippen LogP contribution >= 0.6 is 0 Å². The highest BCUT2D eigenvalue weighted by molar-refractivity contribution is 4.67.